The van der Waals surface area contributed by atoms with E-state index < -0.39 is 0 Å². The molecule has 16 heavy (non-hydrogen) atoms. The van der Waals surface area contributed by atoms with Crippen LogP contribution in [0.2, 0.25) is 0 Å². The fourth-order valence-electron chi connectivity index (χ4n) is 1.93. The van der Waals surface area contributed by atoms with Crippen LogP contribution < -0.4 is 0 Å². The first kappa shape index (κ1) is 11.9. The smallest absolute Gasteiger partial charge is 0.120 e. The minimum absolute atomic E-state index is 0.391. The summed E-state index contributed by atoms with van der Waals surface area (Å²) in [5.41, 5.74) is 0.999. The average Bonchev–Trinajstić information content (AvgIpc) is 2.27. The molecule has 1 N–H and O–H groups in total. The molecule has 88 valence electrons. The molecular formula is C12H17BrN2O. The fraction of sp³-hybridized carbons (Fsp3) is 0.500. The summed E-state index contributed by atoms with van der Waals surface area (Å²) in [5.74, 6) is 0.391. The van der Waals surface area contributed by atoms with Gasteiger partial charge in [0, 0.05) is 42.8 Å². The average molecular weight is 285 g/mol. The van der Waals surface area contributed by atoms with Crippen molar-refractivity contribution in [3.05, 3.63) is 28.2 Å². The zero-order chi connectivity index (χ0) is 11.5. The van der Waals surface area contributed by atoms with Gasteiger partial charge in [0.25, 0.3) is 0 Å². The van der Waals surface area contributed by atoms with E-state index in [2.05, 4.69) is 32.8 Å². The summed E-state index contributed by atoms with van der Waals surface area (Å²) in [5, 5.41) is 9.76. The quantitative estimate of drug-likeness (QED) is 0.899. The molecule has 0 amide bonds. The number of halogens is 1. The molecule has 1 saturated heterocycles. The number of rotatable bonds is 2. The number of hydrogen-bond acceptors (Lipinski definition) is 3. The van der Waals surface area contributed by atoms with Gasteiger partial charge in [0.15, 0.2) is 0 Å². The molecule has 0 radical (unpaired) electrons. The highest BCUT2D eigenvalue weighted by molar-refractivity contribution is 9.10. The van der Waals surface area contributed by atoms with Crippen LogP contribution in [0.15, 0.2) is 22.7 Å². The fourth-order valence-corrected chi connectivity index (χ4v) is 2.34. The van der Waals surface area contributed by atoms with Gasteiger partial charge >= 0.3 is 0 Å². The maximum Gasteiger partial charge on any atom is 0.120 e. The van der Waals surface area contributed by atoms with Gasteiger partial charge in [-0.15, -0.1) is 0 Å². The van der Waals surface area contributed by atoms with Crippen molar-refractivity contribution in [2.45, 2.75) is 6.54 Å². The molecule has 2 rings (SSSR count). The molecule has 1 aliphatic heterocycles. The second-order valence-electron chi connectivity index (χ2n) is 4.35. The number of hydrogen-bond donors (Lipinski definition) is 1. The molecule has 0 aromatic heterocycles. The second-order valence-corrected chi connectivity index (χ2v) is 5.27. The van der Waals surface area contributed by atoms with Crippen LogP contribution in [0.5, 0.6) is 5.75 Å². The zero-order valence-corrected chi connectivity index (χ0v) is 11.1. The number of phenolic OH excluding ortho intramolecular Hbond substituents is 1. The monoisotopic (exact) mass is 284 g/mol. The molecule has 1 aromatic rings. The molecule has 0 unspecified atom stereocenters. The lowest BCUT2D eigenvalue weighted by atomic mass is 10.2. The van der Waals surface area contributed by atoms with Crippen molar-refractivity contribution in [1.29, 1.82) is 0 Å². The first-order valence-electron chi connectivity index (χ1n) is 5.53. The molecule has 0 saturated carbocycles. The van der Waals surface area contributed by atoms with Gasteiger partial charge in [-0.05, 0) is 25.2 Å². The van der Waals surface area contributed by atoms with Gasteiger partial charge in [-0.3, -0.25) is 4.90 Å². The summed E-state index contributed by atoms with van der Waals surface area (Å²) in [6.45, 7) is 5.19. The summed E-state index contributed by atoms with van der Waals surface area (Å²) < 4.78 is 1.02. The van der Waals surface area contributed by atoms with Gasteiger partial charge in [0.1, 0.15) is 5.75 Å². The van der Waals surface area contributed by atoms with E-state index >= 15 is 0 Å². The topological polar surface area (TPSA) is 26.7 Å². The first-order valence-corrected chi connectivity index (χ1v) is 6.33. The van der Waals surface area contributed by atoms with Crippen LogP contribution in [0.1, 0.15) is 5.56 Å². The summed E-state index contributed by atoms with van der Waals surface area (Å²) in [4.78, 5) is 4.71. The summed E-state index contributed by atoms with van der Waals surface area (Å²) in [6.07, 6.45) is 0. The van der Waals surface area contributed by atoms with Gasteiger partial charge in [0.05, 0.1) is 0 Å². The normalized spacial score (nSPS) is 18.9. The van der Waals surface area contributed by atoms with Crippen molar-refractivity contribution < 1.29 is 5.11 Å². The molecule has 0 bridgehead atoms. The Hall–Kier alpha value is -0.580. The lowest BCUT2D eigenvalue weighted by Crippen LogP contribution is -2.43. The van der Waals surface area contributed by atoms with E-state index in [1.54, 1.807) is 6.07 Å². The first-order chi connectivity index (χ1) is 7.65. The van der Waals surface area contributed by atoms with Gasteiger partial charge in [0.2, 0.25) is 0 Å². The molecule has 0 aliphatic carbocycles. The second kappa shape index (κ2) is 5.17. The maximum absolute atomic E-state index is 9.76. The van der Waals surface area contributed by atoms with E-state index in [4.69, 9.17) is 0 Å². The van der Waals surface area contributed by atoms with Gasteiger partial charge in [-0.1, -0.05) is 15.9 Å². The Balaban J connectivity index is 2.00. The molecule has 1 fully saturated rings. The van der Waals surface area contributed by atoms with Crippen molar-refractivity contribution >= 4 is 15.9 Å². The third kappa shape index (κ3) is 2.97. The SMILES string of the molecule is CN1CCN(Cc2cc(Br)ccc2O)CC1. The highest BCUT2D eigenvalue weighted by Gasteiger charge is 2.15. The van der Waals surface area contributed by atoms with Crippen molar-refractivity contribution in [3.8, 4) is 5.75 Å². The largest absolute Gasteiger partial charge is 0.508 e. The van der Waals surface area contributed by atoms with Crippen LogP contribution in [0.25, 0.3) is 0 Å². The highest BCUT2D eigenvalue weighted by atomic mass is 79.9. The zero-order valence-electron chi connectivity index (χ0n) is 9.49. The number of piperazine rings is 1. The van der Waals surface area contributed by atoms with Crippen molar-refractivity contribution in [3.63, 3.8) is 0 Å². The Morgan fingerprint density at radius 2 is 1.94 bits per heavy atom. The molecule has 4 heteroatoms. The van der Waals surface area contributed by atoms with E-state index in [1.165, 1.54) is 0 Å². The van der Waals surface area contributed by atoms with E-state index in [-0.39, 0.29) is 0 Å². The summed E-state index contributed by atoms with van der Waals surface area (Å²) in [6, 6.07) is 5.60. The lowest BCUT2D eigenvalue weighted by Gasteiger charge is -2.32. The molecule has 1 aromatic carbocycles. The van der Waals surface area contributed by atoms with Crippen LogP contribution in [0.4, 0.5) is 0 Å². The number of likely N-dealkylation sites (N-methyl/N-ethyl adjacent to an activating group) is 1. The van der Waals surface area contributed by atoms with Gasteiger partial charge in [-0.2, -0.15) is 0 Å². The Kier molecular flexibility index (Phi) is 3.84. The van der Waals surface area contributed by atoms with Crippen LogP contribution in [-0.2, 0) is 6.54 Å². The van der Waals surface area contributed by atoms with E-state index in [1.807, 2.05) is 12.1 Å². The third-order valence-corrected chi connectivity index (χ3v) is 3.52. The summed E-state index contributed by atoms with van der Waals surface area (Å²) >= 11 is 3.43. The van der Waals surface area contributed by atoms with E-state index in [0.717, 1.165) is 42.8 Å². The minimum Gasteiger partial charge on any atom is -0.508 e. The van der Waals surface area contributed by atoms with Crippen LogP contribution in [-0.4, -0.2) is 48.1 Å². The molecule has 0 spiro atoms. The standard InChI is InChI=1S/C12H17BrN2O/c1-14-4-6-15(7-5-14)9-10-8-11(13)2-3-12(10)16/h2-3,8,16H,4-7,9H2,1H3. The van der Waals surface area contributed by atoms with E-state index in [0.29, 0.717) is 5.75 Å². The summed E-state index contributed by atoms with van der Waals surface area (Å²) in [7, 11) is 2.15. The third-order valence-electron chi connectivity index (χ3n) is 3.03. The number of aromatic hydroxyl groups is 1. The Labute approximate surface area is 105 Å². The molecule has 0 atom stereocenters. The van der Waals surface area contributed by atoms with E-state index in [9.17, 15) is 5.11 Å². The Morgan fingerprint density at radius 3 is 2.62 bits per heavy atom. The van der Waals surface area contributed by atoms with Crippen molar-refractivity contribution in [2.24, 2.45) is 0 Å². The number of nitrogens with zero attached hydrogens (tertiary/aromatic N) is 2. The lowest BCUT2D eigenvalue weighted by molar-refractivity contribution is 0.147. The number of phenols is 1. The predicted octanol–water partition coefficient (Wildman–Crippen LogP) is 1.90. The van der Waals surface area contributed by atoms with Crippen molar-refractivity contribution in [2.75, 3.05) is 33.2 Å². The predicted molar refractivity (Wildman–Crippen MR) is 68.6 cm³/mol. The minimum atomic E-state index is 0.391. The Bertz CT molecular complexity index is 362. The van der Waals surface area contributed by atoms with Crippen LogP contribution >= 0.6 is 15.9 Å². The van der Waals surface area contributed by atoms with Crippen molar-refractivity contribution in [1.82, 2.24) is 9.80 Å². The van der Waals surface area contributed by atoms with Gasteiger partial charge < -0.3 is 10.0 Å². The number of benzene rings is 1. The molecule has 1 aliphatic rings. The molecule has 3 nitrogen and oxygen atoms in total. The Morgan fingerprint density at radius 1 is 1.25 bits per heavy atom. The molecule has 1 heterocycles. The van der Waals surface area contributed by atoms with Crippen LogP contribution in [0.3, 0.4) is 0 Å². The van der Waals surface area contributed by atoms with Gasteiger partial charge in [-0.25, -0.2) is 0 Å². The highest BCUT2D eigenvalue weighted by Crippen LogP contribution is 2.23. The van der Waals surface area contributed by atoms with Crippen LogP contribution in [0, 0.1) is 0 Å². The molecular weight excluding hydrogens is 268 g/mol. The maximum atomic E-state index is 9.76.